The quantitative estimate of drug-likeness (QED) is 0.393. The van der Waals surface area contributed by atoms with E-state index >= 15 is 0 Å². The Morgan fingerprint density at radius 3 is 2.47 bits per heavy atom. The average molecular weight is 451 g/mol. The first-order chi connectivity index (χ1) is 15.5. The Kier molecular flexibility index (Phi) is 5.29. The molecule has 6 nitrogen and oxygen atoms in total. The number of aromatic nitrogens is 6. The minimum Gasteiger partial charge on any atom is -0.265 e. The third-order valence-electron chi connectivity index (χ3n) is 5.96. The van der Waals surface area contributed by atoms with Gasteiger partial charge in [-0.05, 0) is 57.4 Å². The van der Waals surface area contributed by atoms with Crippen LogP contribution in [0.25, 0.3) is 17.1 Å². The van der Waals surface area contributed by atoms with Gasteiger partial charge in [0, 0.05) is 29.3 Å². The Labute approximate surface area is 191 Å². The van der Waals surface area contributed by atoms with Crippen molar-refractivity contribution in [3.8, 4) is 17.1 Å². The summed E-state index contributed by atoms with van der Waals surface area (Å²) < 4.78 is 17.4. The lowest BCUT2D eigenvalue weighted by molar-refractivity contribution is 0.610. The summed E-state index contributed by atoms with van der Waals surface area (Å²) in [5, 5.41) is 10.1. The van der Waals surface area contributed by atoms with Crippen molar-refractivity contribution in [1.29, 1.82) is 0 Å². The summed E-state index contributed by atoms with van der Waals surface area (Å²) in [5.74, 6) is 0.447. The lowest BCUT2D eigenvalue weighted by Gasteiger charge is -2.09. The Bertz CT molecular complexity index is 1290. The highest BCUT2D eigenvalue weighted by molar-refractivity contribution is 6.31. The second-order valence-electron chi connectivity index (χ2n) is 8.25. The number of aryl methyl sites for hydroxylation is 1. The van der Waals surface area contributed by atoms with E-state index in [-0.39, 0.29) is 5.82 Å². The standard InChI is InChI=1S/C24H24ClFN6/c1-4-20-21(32(19-9-10-19)30-24(20)16-5-7-17(26)8-6-16)11-18-12-22(28-13-27-18)31-15(3)23(25)14(2)29-31/h5-8,12-13,19H,4,9-11H2,1-3H3. The first kappa shape index (κ1) is 20.8. The topological polar surface area (TPSA) is 61.4 Å². The predicted molar refractivity (Wildman–Crippen MR) is 122 cm³/mol. The van der Waals surface area contributed by atoms with Crippen molar-refractivity contribution in [2.45, 2.75) is 52.5 Å². The van der Waals surface area contributed by atoms with Crippen molar-refractivity contribution in [1.82, 2.24) is 29.5 Å². The van der Waals surface area contributed by atoms with Gasteiger partial charge in [0.05, 0.1) is 33.8 Å². The largest absolute Gasteiger partial charge is 0.265 e. The summed E-state index contributed by atoms with van der Waals surface area (Å²) in [5.41, 5.74) is 6.71. The Hall–Kier alpha value is -3.06. The number of hydrogen-bond acceptors (Lipinski definition) is 4. The molecule has 3 aromatic heterocycles. The number of halogens is 2. The molecule has 4 aromatic rings. The molecule has 8 heteroatoms. The maximum Gasteiger partial charge on any atom is 0.157 e. The van der Waals surface area contributed by atoms with Crippen molar-refractivity contribution in [2.24, 2.45) is 0 Å². The predicted octanol–water partition coefficient (Wildman–Crippen LogP) is 5.42. The van der Waals surface area contributed by atoms with Crippen LogP contribution in [0.15, 0.2) is 36.7 Å². The van der Waals surface area contributed by atoms with Crippen LogP contribution < -0.4 is 0 Å². The molecule has 0 aliphatic heterocycles. The summed E-state index contributed by atoms with van der Waals surface area (Å²) in [7, 11) is 0. The Balaban J connectivity index is 1.55. The van der Waals surface area contributed by atoms with Gasteiger partial charge in [-0.2, -0.15) is 10.2 Å². The highest BCUT2D eigenvalue weighted by Crippen LogP contribution is 2.39. The average Bonchev–Trinajstić information content (AvgIpc) is 3.53. The van der Waals surface area contributed by atoms with Gasteiger partial charge in [-0.25, -0.2) is 19.0 Å². The van der Waals surface area contributed by atoms with Crippen LogP contribution in [0.5, 0.6) is 0 Å². The third-order valence-corrected chi connectivity index (χ3v) is 6.51. The molecule has 1 aliphatic rings. The molecule has 1 aromatic carbocycles. The van der Waals surface area contributed by atoms with Crippen LogP contribution in [-0.2, 0) is 12.8 Å². The SMILES string of the molecule is CCc1c(-c2ccc(F)cc2)nn(C2CC2)c1Cc1cc(-n2nc(C)c(Cl)c2C)ncn1. The fourth-order valence-electron chi connectivity index (χ4n) is 4.14. The van der Waals surface area contributed by atoms with E-state index in [0.29, 0.717) is 23.3 Å². The maximum atomic E-state index is 13.5. The van der Waals surface area contributed by atoms with Crippen molar-refractivity contribution in [3.05, 3.63) is 75.8 Å². The molecule has 0 unspecified atom stereocenters. The van der Waals surface area contributed by atoms with Crippen LogP contribution >= 0.6 is 11.6 Å². The minimum absolute atomic E-state index is 0.244. The van der Waals surface area contributed by atoms with E-state index in [4.69, 9.17) is 16.7 Å². The first-order valence-electron chi connectivity index (χ1n) is 10.9. The number of benzene rings is 1. The van der Waals surface area contributed by atoms with E-state index in [0.717, 1.165) is 53.3 Å². The number of rotatable bonds is 6. The highest BCUT2D eigenvalue weighted by atomic mass is 35.5. The van der Waals surface area contributed by atoms with Crippen molar-refractivity contribution >= 4 is 11.6 Å². The fraction of sp³-hybridized carbons (Fsp3) is 0.333. The summed E-state index contributed by atoms with van der Waals surface area (Å²) in [6, 6.07) is 8.94. The van der Waals surface area contributed by atoms with E-state index in [9.17, 15) is 4.39 Å². The minimum atomic E-state index is -0.244. The van der Waals surface area contributed by atoms with Crippen LogP contribution in [0.1, 0.15) is 54.1 Å². The molecule has 0 atom stereocenters. The van der Waals surface area contributed by atoms with Gasteiger partial charge in [-0.15, -0.1) is 0 Å². The molecule has 1 fully saturated rings. The zero-order valence-electron chi connectivity index (χ0n) is 18.3. The van der Waals surface area contributed by atoms with Gasteiger partial charge < -0.3 is 0 Å². The van der Waals surface area contributed by atoms with E-state index < -0.39 is 0 Å². The highest BCUT2D eigenvalue weighted by Gasteiger charge is 2.30. The van der Waals surface area contributed by atoms with E-state index in [1.54, 1.807) is 23.1 Å². The monoisotopic (exact) mass is 450 g/mol. The van der Waals surface area contributed by atoms with Crippen LogP contribution in [-0.4, -0.2) is 29.5 Å². The van der Waals surface area contributed by atoms with Crippen LogP contribution in [0.4, 0.5) is 4.39 Å². The molecule has 0 radical (unpaired) electrons. The third kappa shape index (κ3) is 3.71. The summed E-state index contributed by atoms with van der Waals surface area (Å²) in [6.45, 7) is 5.94. The molecule has 164 valence electrons. The van der Waals surface area contributed by atoms with E-state index in [1.165, 1.54) is 17.7 Å². The van der Waals surface area contributed by atoms with Gasteiger partial charge in [0.2, 0.25) is 0 Å². The zero-order valence-corrected chi connectivity index (χ0v) is 19.1. The Morgan fingerprint density at radius 2 is 1.84 bits per heavy atom. The van der Waals surface area contributed by atoms with Crippen LogP contribution in [0, 0.1) is 19.7 Å². The van der Waals surface area contributed by atoms with Gasteiger partial charge >= 0.3 is 0 Å². The molecule has 1 aliphatic carbocycles. The molecular formula is C24H24ClFN6. The molecule has 32 heavy (non-hydrogen) atoms. The summed E-state index contributed by atoms with van der Waals surface area (Å²) in [6.07, 6.45) is 5.29. The van der Waals surface area contributed by atoms with Crippen molar-refractivity contribution in [3.63, 3.8) is 0 Å². The fourth-order valence-corrected chi connectivity index (χ4v) is 4.26. The molecule has 3 heterocycles. The second-order valence-corrected chi connectivity index (χ2v) is 8.63. The van der Waals surface area contributed by atoms with Gasteiger partial charge in [-0.1, -0.05) is 18.5 Å². The lowest BCUT2D eigenvalue weighted by Crippen LogP contribution is -2.08. The summed E-state index contributed by atoms with van der Waals surface area (Å²) in [4.78, 5) is 8.95. The number of nitrogens with zero attached hydrogens (tertiary/aromatic N) is 6. The molecule has 0 spiro atoms. The Morgan fingerprint density at radius 1 is 1.09 bits per heavy atom. The molecule has 1 saturated carbocycles. The van der Waals surface area contributed by atoms with Crippen LogP contribution in [0.2, 0.25) is 5.02 Å². The van der Waals surface area contributed by atoms with E-state index in [1.807, 2.05) is 19.9 Å². The molecule has 0 amide bonds. The molecular weight excluding hydrogens is 427 g/mol. The molecule has 0 N–H and O–H groups in total. The van der Waals surface area contributed by atoms with Gasteiger partial charge in [0.15, 0.2) is 5.82 Å². The second kappa shape index (κ2) is 8.13. The van der Waals surface area contributed by atoms with Gasteiger partial charge in [0.1, 0.15) is 12.1 Å². The zero-order chi connectivity index (χ0) is 22.4. The normalized spacial score (nSPS) is 13.7. The van der Waals surface area contributed by atoms with Gasteiger partial charge in [-0.3, -0.25) is 4.68 Å². The van der Waals surface area contributed by atoms with Crippen molar-refractivity contribution in [2.75, 3.05) is 0 Å². The molecule has 0 saturated heterocycles. The maximum absolute atomic E-state index is 13.5. The number of hydrogen-bond donors (Lipinski definition) is 0. The smallest absolute Gasteiger partial charge is 0.157 e. The molecule has 0 bridgehead atoms. The van der Waals surface area contributed by atoms with Crippen molar-refractivity contribution < 1.29 is 4.39 Å². The lowest BCUT2D eigenvalue weighted by atomic mass is 10.0. The first-order valence-corrected chi connectivity index (χ1v) is 11.2. The molecule has 5 rings (SSSR count). The van der Waals surface area contributed by atoms with Gasteiger partial charge in [0.25, 0.3) is 0 Å². The van der Waals surface area contributed by atoms with E-state index in [2.05, 4.69) is 26.7 Å². The van der Waals surface area contributed by atoms with Crippen LogP contribution in [0.3, 0.4) is 0 Å². The summed E-state index contributed by atoms with van der Waals surface area (Å²) >= 11 is 6.33.